The molecule has 0 spiro atoms. The molecule has 0 N–H and O–H groups in total. The van der Waals surface area contributed by atoms with Crippen molar-refractivity contribution in [2.24, 2.45) is 0 Å². The van der Waals surface area contributed by atoms with Crippen LogP contribution < -0.4 is 0 Å². The van der Waals surface area contributed by atoms with Crippen LogP contribution in [0.3, 0.4) is 0 Å². The summed E-state index contributed by atoms with van der Waals surface area (Å²) in [6.45, 7) is 6.99. The fourth-order valence-corrected chi connectivity index (χ4v) is 3.29. The van der Waals surface area contributed by atoms with Crippen molar-refractivity contribution in [2.75, 3.05) is 0 Å². The van der Waals surface area contributed by atoms with Crippen LogP contribution in [0.15, 0.2) is 34.2 Å². The number of pyridine rings is 1. The number of aryl methyl sites for hydroxylation is 1. The van der Waals surface area contributed by atoms with E-state index in [1.54, 1.807) is 24.2 Å². The Balaban J connectivity index is 1.81. The van der Waals surface area contributed by atoms with Crippen molar-refractivity contribution in [3.05, 3.63) is 36.2 Å². The van der Waals surface area contributed by atoms with Gasteiger partial charge in [-0.3, -0.25) is 4.98 Å². The summed E-state index contributed by atoms with van der Waals surface area (Å²) in [5.74, 6) is 2.22. The molecule has 0 saturated heterocycles. The maximum atomic E-state index is 5.37. The predicted octanol–water partition coefficient (Wildman–Crippen LogP) is 3.55. The Labute approximate surface area is 144 Å². The molecule has 0 amide bonds. The maximum Gasteiger partial charge on any atom is 0.239 e. The van der Waals surface area contributed by atoms with Crippen LogP contribution in [0.2, 0.25) is 0 Å². The third-order valence-corrected chi connectivity index (χ3v) is 4.63. The van der Waals surface area contributed by atoms with Crippen LogP contribution in [-0.2, 0) is 13.0 Å². The van der Waals surface area contributed by atoms with Gasteiger partial charge in [-0.15, -0.1) is 10.2 Å². The summed E-state index contributed by atoms with van der Waals surface area (Å²) in [7, 11) is 0. The van der Waals surface area contributed by atoms with Crippen LogP contribution in [0, 0.1) is 0 Å². The molecule has 0 bridgehead atoms. The second-order valence-electron chi connectivity index (χ2n) is 5.35. The first-order valence-electron chi connectivity index (χ1n) is 8.05. The molecule has 1 atom stereocenters. The molecule has 24 heavy (non-hydrogen) atoms. The van der Waals surface area contributed by atoms with Crippen molar-refractivity contribution in [1.29, 1.82) is 0 Å². The lowest BCUT2D eigenvalue weighted by atomic mass is 10.2. The lowest BCUT2D eigenvalue weighted by molar-refractivity contribution is 0.374. The van der Waals surface area contributed by atoms with Gasteiger partial charge >= 0.3 is 0 Å². The molecular weight excluding hydrogens is 324 g/mol. The number of hydrogen-bond donors (Lipinski definition) is 0. The van der Waals surface area contributed by atoms with Crippen LogP contribution in [0.4, 0.5) is 0 Å². The van der Waals surface area contributed by atoms with Crippen molar-refractivity contribution < 1.29 is 4.52 Å². The minimum atomic E-state index is 0.0166. The summed E-state index contributed by atoms with van der Waals surface area (Å²) in [6, 6.07) is 3.87. The van der Waals surface area contributed by atoms with Gasteiger partial charge in [0.25, 0.3) is 0 Å². The highest BCUT2D eigenvalue weighted by molar-refractivity contribution is 7.99. The Hall–Kier alpha value is -2.22. The van der Waals surface area contributed by atoms with Crippen molar-refractivity contribution in [1.82, 2.24) is 29.9 Å². The van der Waals surface area contributed by atoms with Gasteiger partial charge in [0.2, 0.25) is 5.89 Å². The lowest BCUT2D eigenvalue weighted by Gasteiger charge is -2.09. The van der Waals surface area contributed by atoms with Crippen LogP contribution >= 0.6 is 11.8 Å². The molecule has 0 fully saturated rings. The molecule has 0 saturated carbocycles. The molecule has 7 nitrogen and oxygen atoms in total. The number of rotatable bonds is 7. The average Bonchev–Trinajstić information content (AvgIpc) is 3.23. The monoisotopic (exact) mass is 344 g/mol. The van der Waals surface area contributed by atoms with E-state index in [0.717, 1.165) is 41.8 Å². The van der Waals surface area contributed by atoms with Crippen LogP contribution in [0.1, 0.15) is 44.2 Å². The Kier molecular flexibility index (Phi) is 5.24. The first kappa shape index (κ1) is 16.6. The van der Waals surface area contributed by atoms with Gasteiger partial charge in [0.05, 0.1) is 5.25 Å². The van der Waals surface area contributed by atoms with Crippen molar-refractivity contribution in [2.45, 2.75) is 50.6 Å². The number of aromatic nitrogens is 6. The molecular formula is C16H20N6OS. The third kappa shape index (κ3) is 3.48. The summed E-state index contributed by atoms with van der Waals surface area (Å²) in [6.07, 6.45) is 5.35. The van der Waals surface area contributed by atoms with Gasteiger partial charge in [-0.05, 0) is 32.4 Å². The van der Waals surface area contributed by atoms with E-state index in [0.29, 0.717) is 5.89 Å². The molecule has 0 aliphatic rings. The van der Waals surface area contributed by atoms with E-state index in [1.165, 1.54) is 0 Å². The molecule has 126 valence electrons. The molecule has 0 aliphatic heterocycles. The standard InChI is InChI=1S/C16H20N6OS/c1-4-6-13-18-15(23-21-13)11(3)24-16-20-19-14(22(16)5-2)12-7-9-17-10-8-12/h7-11H,4-6H2,1-3H3/t11-/m1/s1. The topological polar surface area (TPSA) is 82.5 Å². The van der Waals surface area contributed by atoms with Gasteiger partial charge in [0.15, 0.2) is 16.8 Å². The molecule has 0 unspecified atom stereocenters. The largest absolute Gasteiger partial charge is 0.338 e. The van der Waals surface area contributed by atoms with Gasteiger partial charge in [-0.2, -0.15) is 4.98 Å². The third-order valence-electron chi connectivity index (χ3n) is 3.56. The smallest absolute Gasteiger partial charge is 0.239 e. The van der Waals surface area contributed by atoms with E-state index in [2.05, 4.69) is 43.7 Å². The van der Waals surface area contributed by atoms with Crippen LogP contribution in [0.5, 0.6) is 0 Å². The number of nitrogens with zero attached hydrogens (tertiary/aromatic N) is 6. The minimum absolute atomic E-state index is 0.0166. The van der Waals surface area contributed by atoms with Gasteiger partial charge in [0, 0.05) is 30.9 Å². The van der Waals surface area contributed by atoms with Gasteiger partial charge in [-0.25, -0.2) is 0 Å². The fraction of sp³-hybridized carbons (Fsp3) is 0.438. The molecule has 3 aromatic heterocycles. The second-order valence-corrected chi connectivity index (χ2v) is 6.65. The van der Waals surface area contributed by atoms with E-state index in [4.69, 9.17) is 4.52 Å². The number of thioether (sulfide) groups is 1. The highest BCUT2D eigenvalue weighted by Gasteiger charge is 2.20. The zero-order valence-corrected chi connectivity index (χ0v) is 14.8. The quantitative estimate of drug-likeness (QED) is 0.606. The summed E-state index contributed by atoms with van der Waals surface area (Å²) < 4.78 is 7.45. The zero-order chi connectivity index (χ0) is 16.9. The Morgan fingerprint density at radius 2 is 2.00 bits per heavy atom. The van der Waals surface area contributed by atoms with E-state index in [1.807, 2.05) is 19.1 Å². The molecule has 0 radical (unpaired) electrons. The van der Waals surface area contributed by atoms with E-state index >= 15 is 0 Å². The highest BCUT2D eigenvalue weighted by Crippen LogP contribution is 2.34. The molecule has 3 heterocycles. The maximum absolute atomic E-state index is 5.37. The predicted molar refractivity (Wildman–Crippen MR) is 91.5 cm³/mol. The molecule has 0 aliphatic carbocycles. The van der Waals surface area contributed by atoms with Crippen LogP contribution in [0.25, 0.3) is 11.4 Å². The first-order chi connectivity index (χ1) is 11.7. The summed E-state index contributed by atoms with van der Waals surface area (Å²) in [5, 5.41) is 13.5. The average molecular weight is 344 g/mol. The fourth-order valence-electron chi connectivity index (χ4n) is 2.34. The van der Waals surface area contributed by atoms with E-state index in [9.17, 15) is 0 Å². The molecule has 3 aromatic rings. The minimum Gasteiger partial charge on any atom is -0.338 e. The zero-order valence-electron chi connectivity index (χ0n) is 14.0. The van der Waals surface area contributed by atoms with Gasteiger partial charge < -0.3 is 9.09 Å². The van der Waals surface area contributed by atoms with Crippen molar-refractivity contribution in [3.63, 3.8) is 0 Å². The van der Waals surface area contributed by atoms with E-state index < -0.39 is 0 Å². The van der Waals surface area contributed by atoms with E-state index in [-0.39, 0.29) is 5.25 Å². The van der Waals surface area contributed by atoms with Gasteiger partial charge in [-0.1, -0.05) is 23.8 Å². The molecule has 8 heteroatoms. The SMILES string of the molecule is CCCc1noc([C@@H](C)Sc2nnc(-c3ccncc3)n2CC)n1. The normalized spacial score (nSPS) is 12.5. The molecule has 3 rings (SSSR count). The Bertz CT molecular complexity index is 785. The lowest BCUT2D eigenvalue weighted by Crippen LogP contribution is -2.01. The number of hydrogen-bond acceptors (Lipinski definition) is 7. The first-order valence-corrected chi connectivity index (χ1v) is 8.93. The molecule has 0 aromatic carbocycles. The van der Waals surface area contributed by atoms with Crippen molar-refractivity contribution >= 4 is 11.8 Å². The Morgan fingerprint density at radius 3 is 2.71 bits per heavy atom. The van der Waals surface area contributed by atoms with Crippen LogP contribution in [-0.4, -0.2) is 29.9 Å². The van der Waals surface area contributed by atoms with Gasteiger partial charge in [0.1, 0.15) is 0 Å². The second kappa shape index (κ2) is 7.57. The highest BCUT2D eigenvalue weighted by atomic mass is 32.2. The summed E-state index contributed by atoms with van der Waals surface area (Å²) in [4.78, 5) is 8.50. The summed E-state index contributed by atoms with van der Waals surface area (Å²) >= 11 is 1.57. The Morgan fingerprint density at radius 1 is 1.21 bits per heavy atom. The summed E-state index contributed by atoms with van der Waals surface area (Å²) in [5.41, 5.74) is 1.00. The van der Waals surface area contributed by atoms with Crippen molar-refractivity contribution in [3.8, 4) is 11.4 Å².